The summed E-state index contributed by atoms with van der Waals surface area (Å²) < 4.78 is 0. The first-order valence-electron chi connectivity index (χ1n) is 6.60. The highest BCUT2D eigenvalue weighted by atomic mass is 16.4. The predicted molar refractivity (Wildman–Crippen MR) is 70.1 cm³/mol. The predicted octanol–water partition coefficient (Wildman–Crippen LogP) is -0.0502. The first-order chi connectivity index (χ1) is 9.56. The van der Waals surface area contributed by atoms with Crippen molar-refractivity contribution in [2.24, 2.45) is 0 Å². The summed E-state index contributed by atoms with van der Waals surface area (Å²) in [7, 11) is 0. The highest BCUT2D eigenvalue weighted by Gasteiger charge is 2.39. The van der Waals surface area contributed by atoms with Gasteiger partial charge in [0, 0.05) is 31.6 Å². The monoisotopic (exact) mass is 276 g/mol. The number of carboxylic acid groups (broad SMARTS) is 1. The Bertz CT molecular complexity index is 572. The maximum Gasteiger partial charge on any atom is 0.326 e. The first kappa shape index (κ1) is 13.1. The van der Waals surface area contributed by atoms with Crippen LogP contribution in [0.2, 0.25) is 0 Å². The number of nitrogens with zero attached hydrogens (tertiary/aromatic N) is 1. The van der Waals surface area contributed by atoms with Crippen LogP contribution in [0.1, 0.15) is 27.9 Å². The molecule has 0 aromatic heterocycles. The van der Waals surface area contributed by atoms with Gasteiger partial charge in [0.25, 0.3) is 5.91 Å². The third-order valence-electron chi connectivity index (χ3n) is 3.91. The number of rotatable bonds is 2. The Labute approximate surface area is 116 Å². The number of carbonyl (C=O) groups is 2. The molecule has 1 saturated heterocycles. The molecule has 0 radical (unpaired) electrons. The summed E-state index contributed by atoms with van der Waals surface area (Å²) in [6.07, 6.45) is -0.677. The Balaban J connectivity index is 1.86. The van der Waals surface area contributed by atoms with Gasteiger partial charge in [-0.05, 0) is 23.3 Å². The topological polar surface area (TPSA) is 89.9 Å². The normalized spacial score (nSPS) is 24.8. The Kier molecular flexibility index (Phi) is 3.19. The summed E-state index contributed by atoms with van der Waals surface area (Å²) >= 11 is 0. The van der Waals surface area contributed by atoms with Crippen molar-refractivity contribution in [2.45, 2.75) is 31.7 Å². The lowest BCUT2D eigenvalue weighted by molar-refractivity contribution is -0.141. The van der Waals surface area contributed by atoms with Gasteiger partial charge in [-0.15, -0.1) is 0 Å². The van der Waals surface area contributed by atoms with E-state index < -0.39 is 18.1 Å². The van der Waals surface area contributed by atoms with Crippen LogP contribution in [-0.4, -0.2) is 45.7 Å². The van der Waals surface area contributed by atoms with Gasteiger partial charge < -0.3 is 20.4 Å². The fourth-order valence-corrected chi connectivity index (χ4v) is 2.87. The van der Waals surface area contributed by atoms with E-state index in [2.05, 4.69) is 5.32 Å². The summed E-state index contributed by atoms with van der Waals surface area (Å²) in [6.45, 7) is 1.59. The Morgan fingerprint density at radius 1 is 1.25 bits per heavy atom. The van der Waals surface area contributed by atoms with Crippen LogP contribution in [0.5, 0.6) is 0 Å². The molecule has 6 heteroatoms. The van der Waals surface area contributed by atoms with E-state index in [4.69, 9.17) is 5.11 Å². The number of carbonyl (C=O) groups excluding carboxylic acids is 1. The summed E-state index contributed by atoms with van der Waals surface area (Å²) in [5, 5.41) is 21.9. The molecule has 0 bridgehead atoms. The van der Waals surface area contributed by atoms with Gasteiger partial charge in [-0.3, -0.25) is 4.79 Å². The van der Waals surface area contributed by atoms with E-state index >= 15 is 0 Å². The van der Waals surface area contributed by atoms with Crippen LogP contribution < -0.4 is 5.32 Å². The van der Waals surface area contributed by atoms with Crippen molar-refractivity contribution >= 4 is 11.9 Å². The molecule has 1 fully saturated rings. The van der Waals surface area contributed by atoms with Crippen molar-refractivity contribution in [2.75, 3.05) is 6.54 Å². The molecule has 3 N–H and O–H groups in total. The van der Waals surface area contributed by atoms with E-state index in [1.807, 2.05) is 6.07 Å². The molecule has 0 aliphatic carbocycles. The highest BCUT2D eigenvalue weighted by molar-refractivity contribution is 5.97. The molecule has 0 spiro atoms. The second-order valence-corrected chi connectivity index (χ2v) is 5.29. The minimum Gasteiger partial charge on any atom is -0.480 e. The molecule has 0 saturated carbocycles. The maximum atomic E-state index is 12.4. The zero-order valence-electron chi connectivity index (χ0n) is 10.9. The standard InChI is InChI=1S/C14H16N2O4/c17-11-4-12(14(19)20)16(7-11)13(18)8-1-2-9-5-15-6-10(9)3-8/h1-3,11-12,15,17H,4-7H2,(H,19,20)/t11?,12-/m0/s1. The number of aliphatic carboxylic acids is 1. The number of aliphatic hydroxyl groups excluding tert-OH is 1. The summed E-state index contributed by atoms with van der Waals surface area (Å²) in [5.41, 5.74) is 2.72. The van der Waals surface area contributed by atoms with Crippen molar-refractivity contribution in [3.63, 3.8) is 0 Å². The number of hydrogen-bond acceptors (Lipinski definition) is 4. The van der Waals surface area contributed by atoms with E-state index in [1.54, 1.807) is 12.1 Å². The van der Waals surface area contributed by atoms with Gasteiger partial charge in [0.15, 0.2) is 0 Å². The van der Waals surface area contributed by atoms with Gasteiger partial charge in [0.05, 0.1) is 6.10 Å². The summed E-state index contributed by atoms with van der Waals surface area (Å²) in [6, 6.07) is 4.48. The maximum absolute atomic E-state index is 12.4. The van der Waals surface area contributed by atoms with Crippen LogP contribution in [0.3, 0.4) is 0 Å². The molecule has 1 amide bonds. The third-order valence-corrected chi connectivity index (χ3v) is 3.91. The van der Waals surface area contributed by atoms with Gasteiger partial charge in [0.2, 0.25) is 0 Å². The average Bonchev–Trinajstić information content (AvgIpc) is 3.02. The fourth-order valence-electron chi connectivity index (χ4n) is 2.87. The molecule has 1 aromatic rings. The molecule has 6 nitrogen and oxygen atoms in total. The number of amides is 1. The molecular weight excluding hydrogens is 260 g/mol. The first-order valence-corrected chi connectivity index (χ1v) is 6.60. The van der Waals surface area contributed by atoms with Crippen molar-refractivity contribution in [3.8, 4) is 0 Å². The number of β-amino-alcohol motifs (C(OH)–C–C–N with tert-alkyl or cyclic N) is 1. The minimum absolute atomic E-state index is 0.0745. The molecule has 2 heterocycles. The molecule has 2 aliphatic heterocycles. The Morgan fingerprint density at radius 3 is 2.75 bits per heavy atom. The summed E-state index contributed by atoms with van der Waals surface area (Å²) in [5.74, 6) is -1.40. The quantitative estimate of drug-likeness (QED) is 0.704. The van der Waals surface area contributed by atoms with Crippen LogP contribution in [0, 0.1) is 0 Å². The van der Waals surface area contributed by atoms with Gasteiger partial charge in [0.1, 0.15) is 6.04 Å². The number of fused-ring (bicyclic) bond motifs is 1. The number of likely N-dealkylation sites (tertiary alicyclic amines) is 1. The minimum atomic E-state index is -1.07. The Hall–Kier alpha value is -1.92. The van der Waals surface area contributed by atoms with E-state index in [0.717, 1.165) is 24.2 Å². The number of nitrogens with one attached hydrogen (secondary N) is 1. The molecule has 20 heavy (non-hydrogen) atoms. The van der Waals surface area contributed by atoms with Crippen LogP contribution in [-0.2, 0) is 17.9 Å². The third kappa shape index (κ3) is 2.17. The van der Waals surface area contributed by atoms with Gasteiger partial charge in [-0.2, -0.15) is 0 Å². The van der Waals surface area contributed by atoms with E-state index in [1.165, 1.54) is 4.90 Å². The number of benzene rings is 1. The van der Waals surface area contributed by atoms with Gasteiger partial charge in [-0.25, -0.2) is 4.79 Å². The largest absolute Gasteiger partial charge is 0.480 e. The second kappa shape index (κ2) is 4.88. The van der Waals surface area contributed by atoms with Gasteiger partial charge >= 0.3 is 5.97 Å². The van der Waals surface area contributed by atoms with Crippen molar-refractivity contribution < 1.29 is 19.8 Å². The fraction of sp³-hybridized carbons (Fsp3) is 0.429. The lowest BCUT2D eigenvalue weighted by atomic mass is 10.1. The smallest absolute Gasteiger partial charge is 0.326 e. The molecule has 1 aromatic carbocycles. The molecule has 3 rings (SSSR count). The molecule has 1 unspecified atom stereocenters. The lowest BCUT2D eigenvalue weighted by Gasteiger charge is -2.21. The number of aliphatic hydroxyl groups is 1. The van der Waals surface area contributed by atoms with Crippen molar-refractivity contribution in [3.05, 3.63) is 34.9 Å². The molecule has 106 valence electrons. The molecule has 2 aliphatic rings. The average molecular weight is 276 g/mol. The Morgan fingerprint density at radius 2 is 2.00 bits per heavy atom. The molecular formula is C14H16N2O4. The zero-order valence-corrected chi connectivity index (χ0v) is 10.9. The number of hydrogen-bond donors (Lipinski definition) is 3. The van der Waals surface area contributed by atoms with E-state index in [0.29, 0.717) is 5.56 Å². The SMILES string of the molecule is O=C(O)[C@@H]1CC(O)CN1C(=O)c1ccc2c(c1)CNC2. The van der Waals surface area contributed by atoms with Crippen LogP contribution in [0.15, 0.2) is 18.2 Å². The van der Waals surface area contributed by atoms with E-state index in [-0.39, 0.29) is 18.9 Å². The lowest BCUT2D eigenvalue weighted by Crippen LogP contribution is -2.40. The van der Waals surface area contributed by atoms with Gasteiger partial charge in [-0.1, -0.05) is 6.07 Å². The second-order valence-electron chi connectivity index (χ2n) is 5.29. The van der Waals surface area contributed by atoms with Crippen LogP contribution in [0.4, 0.5) is 0 Å². The van der Waals surface area contributed by atoms with Crippen molar-refractivity contribution in [1.29, 1.82) is 0 Å². The highest BCUT2D eigenvalue weighted by Crippen LogP contribution is 2.23. The molecule has 2 atom stereocenters. The number of carboxylic acids is 1. The zero-order chi connectivity index (χ0) is 14.3. The van der Waals surface area contributed by atoms with Crippen molar-refractivity contribution in [1.82, 2.24) is 10.2 Å². The van der Waals surface area contributed by atoms with Crippen LogP contribution >= 0.6 is 0 Å². The van der Waals surface area contributed by atoms with Crippen LogP contribution in [0.25, 0.3) is 0 Å². The summed E-state index contributed by atoms with van der Waals surface area (Å²) in [4.78, 5) is 24.9. The van der Waals surface area contributed by atoms with E-state index in [9.17, 15) is 14.7 Å².